The van der Waals surface area contributed by atoms with Crippen LogP contribution >= 0.6 is 0 Å². The minimum absolute atomic E-state index is 0.225. The molecule has 2 aromatic rings. The molecule has 0 bridgehead atoms. The van der Waals surface area contributed by atoms with Crippen LogP contribution in [-0.2, 0) is 14.3 Å². The van der Waals surface area contributed by atoms with E-state index in [4.69, 9.17) is 9.47 Å². The monoisotopic (exact) mass is 386 g/mol. The van der Waals surface area contributed by atoms with Crippen LogP contribution in [0.5, 0.6) is 0 Å². The van der Waals surface area contributed by atoms with Crippen molar-refractivity contribution in [2.45, 2.75) is 6.92 Å². The van der Waals surface area contributed by atoms with Gasteiger partial charge in [0.2, 0.25) is 23.8 Å². The second kappa shape index (κ2) is 8.40. The first-order valence-electron chi connectivity index (χ1n) is 9.20. The van der Waals surface area contributed by atoms with Gasteiger partial charge in [0.25, 0.3) is 0 Å². The van der Waals surface area contributed by atoms with E-state index in [9.17, 15) is 4.79 Å². The number of ether oxygens (including phenoxy) is 2. The molecule has 11 nitrogen and oxygen atoms in total. The molecule has 0 aliphatic carbocycles. The Morgan fingerprint density at radius 2 is 1.39 bits per heavy atom. The van der Waals surface area contributed by atoms with E-state index in [0.29, 0.717) is 49.7 Å². The number of hydrogen-bond acceptors (Lipinski definition) is 10. The highest BCUT2D eigenvalue weighted by Gasteiger charge is 2.21. The molecule has 0 saturated carbocycles. The number of nitrogens with zero attached hydrogens (tertiary/aromatic N) is 7. The van der Waals surface area contributed by atoms with E-state index in [1.807, 2.05) is 0 Å². The standard InChI is InChI=1S/C17H22N8O3/c1-12(26)20-15-18-10-13(11-19-15)14-21-16(24-2-6-27-7-3-24)23-17(22-14)25-4-8-28-9-5-25/h10-11H,2-9H2,1H3,(H,18,19,20,26). The van der Waals surface area contributed by atoms with Crippen molar-refractivity contribution in [3.8, 4) is 11.4 Å². The van der Waals surface area contributed by atoms with Crippen LogP contribution in [0.15, 0.2) is 12.4 Å². The lowest BCUT2D eigenvalue weighted by molar-refractivity contribution is -0.114. The maximum Gasteiger partial charge on any atom is 0.230 e. The van der Waals surface area contributed by atoms with Crippen LogP contribution in [0.1, 0.15) is 6.92 Å². The van der Waals surface area contributed by atoms with Crippen LogP contribution in [-0.4, -0.2) is 83.4 Å². The fourth-order valence-corrected chi connectivity index (χ4v) is 2.96. The maximum absolute atomic E-state index is 11.2. The molecule has 11 heteroatoms. The summed E-state index contributed by atoms with van der Waals surface area (Å²) in [6.45, 7) is 6.88. The minimum atomic E-state index is -0.225. The number of aromatic nitrogens is 5. The molecule has 0 spiro atoms. The molecule has 4 rings (SSSR count). The van der Waals surface area contributed by atoms with Gasteiger partial charge >= 0.3 is 0 Å². The van der Waals surface area contributed by atoms with Gasteiger partial charge in [-0.3, -0.25) is 10.1 Å². The van der Waals surface area contributed by atoms with Crippen LogP contribution in [0.2, 0.25) is 0 Å². The quantitative estimate of drug-likeness (QED) is 0.766. The average molecular weight is 386 g/mol. The molecule has 0 unspecified atom stereocenters. The fourth-order valence-electron chi connectivity index (χ4n) is 2.96. The van der Waals surface area contributed by atoms with Crippen molar-refractivity contribution in [3.63, 3.8) is 0 Å². The molecule has 1 N–H and O–H groups in total. The molecule has 2 aliphatic heterocycles. The molecule has 2 aromatic heterocycles. The fraction of sp³-hybridized carbons (Fsp3) is 0.529. The Labute approximate surface area is 162 Å². The van der Waals surface area contributed by atoms with Crippen LogP contribution in [0.3, 0.4) is 0 Å². The van der Waals surface area contributed by atoms with Gasteiger partial charge < -0.3 is 19.3 Å². The third kappa shape index (κ3) is 4.31. The summed E-state index contributed by atoms with van der Waals surface area (Å²) in [6.07, 6.45) is 3.19. The summed E-state index contributed by atoms with van der Waals surface area (Å²) in [5.41, 5.74) is 0.653. The zero-order valence-corrected chi connectivity index (χ0v) is 15.7. The number of morpholine rings is 2. The lowest BCUT2D eigenvalue weighted by atomic mass is 10.3. The van der Waals surface area contributed by atoms with E-state index in [1.54, 1.807) is 12.4 Å². The van der Waals surface area contributed by atoms with E-state index in [2.05, 4.69) is 40.0 Å². The number of carbonyl (C=O) groups is 1. The van der Waals surface area contributed by atoms with Crippen molar-refractivity contribution in [1.82, 2.24) is 24.9 Å². The summed E-state index contributed by atoms with van der Waals surface area (Å²) in [6, 6.07) is 0. The molecule has 2 saturated heterocycles. The van der Waals surface area contributed by atoms with Gasteiger partial charge in [0.05, 0.1) is 32.0 Å². The predicted octanol–water partition coefficient (Wildman–Crippen LogP) is -0.0398. The molecular weight excluding hydrogens is 364 g/mol. The highest BCUT2D eigenvalue weighted by atomic mass is 16.5. The largest absolute Gasteiger partial charge is 0.378 e. The van der Waals surface area contributed by atoms with Crippen molar-refractivity contribution in [2.75, 3.05) is 67.7 Å². The van der Waals surface area contributed by atoms with Crippen LogP contribution in [0.4, 0.5) is 17.8 Å². The SMILES string of the molecule is CC(=O)Nc1ncc(-c2nc(N3CCOCC3)nc(N3CCOCC3)n2)cn1. The summed E-state index contributed by atoms with van der Waals surface area (Å²) in [4.78, 5) is 37.6. The first kappa shape index (κ1) is 18.4. The summed E-state index contributed by atoms with van der Waals surface area (Å²) in [5.74, 6) is 1.73. The third-order valence-corrected chi connectivity index (χ3v) is 4.40. The highest BCUT2D eigenvalue weighted by molar-refractivity contribution is 5.86. The second-order valence-corrected chi connectivity index (χ2v) is 6.43. The lowest BCUT2D eigenvalue weighted by Gasteiger charge is -2.30. The van der Waals surface area contributed by atoms with E-state index in [0.717, 1.165) is 26.2 Å². The van der Waals surface area contributed by atoms with Gasteiger partial charge in [0.15, 0.2) is 5.82 Å². The van der Waals surface area contributed by atoms with Crippen LogP contribution in [0, 0.1) is 0 Å². The Morgan fingerprint density at radius 1 is 0.893 bits per heavy atom. The van der Waals surface area contributed by atoms with Gasteiger partial charge in [-0.15, -0.1) is 0 Å². The van der Waals surface area contributed by atoms with Gasteiger partial charge in [0.1, 0.15) is 0 Å². The topological polar surface area (TPSA) is 118 Å². The normalized spacial score (nSPS) is 17.5. The smallest absolute Gasteiger partial charge is 0.230 e. The zero-order valence-electron chi connectivity index (χ0n) is 15.7. The molecule has 2 fully saturated rings. The number of rotatable bonds is 4. The molecule has 28 heavy (non-hydrogen) atoms. The third-order valence-electron chi connectivity index (χ3n) is 4.40. The summed E-state index contributed by atoms with van der Waals surface area (Å²) in [5, 5.41) is 2.55. The number of hydrogen-bond donors (Lipinski definition) is 1. The van der Waals surface area contributed by atoms with Crippen LogP contribution < -0.4 is 15.1 Å². The number of anilines is 3. The van der Waals surface area contributed by atoms with Crippen molar-refractivity contribution in [1.29, 1.82) is 0 Å². The van der Waals surface area contributed by atoms with Gasteiger partial charge in [-0.05, 0) is 0 Å². The van der Waals surface area contributed by atoms with Gasteiger partial charge in [-0.1, -0.05) is 0 Å². The molecule has 0 aromatic carbocycles. The summed E-state index contributed by atoms with van der Waals surface area (Å²) >= 11 is 0. The van der Waals surface area contributed by atoms with Gasteiger partial charge in [0, 0.05) is 45.5 Å². The van der Waals surface area contributed by atoms with E-state index in [1.165, 1.54) is 6.92 Å². The molecule has 4 heterocycles. The van der Waals surface area contributed by atoms with E-state index < -0.39 is 0 Å². The number of carbonyl (C=O) groups excluding carboxylic acids is 1. The summed E-state index contributed by atoms with van der Waals surface area (Å²) < 4.78 is 10.9. The molecule has 1 amide bonds. The lowest BCUT2D eigenvalue weighted by Crippen LogP contribution is -2.40. The Balaban J connectivity index is 1.67. The van der Waals surface area contributed by atoms with Crippen molar-refractivity contribution in [3.05, 3.63) is 12.4 Å². The minimum Gasteiger partial charge on any atom is -0.378 e. The van der Waals surface area contributed by atoms with Crippen LogP contribution in [0.25, 0.3) is 11.4 Å². The Hall–Kier alpha value is -2.92. The van der Waals surface area contributed by atoms with Crippen molar-refractivity contribution < 1.29 is 14.3 Å². The number of nitrogens with one attached hydrogen (secondary N) is 1. The molecule has 0 radical (unpaired) electrons. The zero-order chi connectivity index (χ0) is 19.3. The van der Waals surface area contributed by atoms with Crippen molar-refractivity contribution >= 4 is 23.8 Å². The van der Waals surface area contributed by atoms with Gasteiger partial charge in [-0.2, -0.15) is 15.0 Å². The Morgan fingerprint density at radius 3 is 1.86 bits per heavy atom. The highest BCUT2D eigenvalue weighted by Crippen LogP contribution is 2.22. The first-order valence-corrected chi connectivity index (χ1v) is 9.20. The number of amides is 1. The first-order chi connectivity index (χ1) is 13.7. The molecule has 2 aliphatic rings. The Bertz CT molecular complexity index is 783. The predicted molar refractivity (Wildman–Crippen MR) is 101 cm³/mol. The molecule has 148 valence electrons. The maximum atomic E-state index is 11.2. The molecule has 0 atom stereocenters. The average Bonchev–Trinajstić information content (AvgIpc) is 2.75. The second-order valence-electron chi connectivity index (χ2n) is 6.43. The molecular formula is C17H22N8O3. The van der Waals surface area contributed by atoms with E-state index in [-0.39, 0.29) is 11.9 Å². The van der Waals surface area contributed by atoms with Crippen molar-refractivity contribution in [2.24, 2.45) is 0 Å². The van der Waals surface area contributed by atoms with Gasteiger partial charge in [-0.25, -0.2) is 9.97 Å². The summed E-state index contributed by atoms with van der Waals surface area (Å²) in [7, 11) is 0. The Kier molecular flexibility index (Phi) is 5.53. The van der Waals surface area contributed by atoms with E-state index >= 15 is 0 Å².